The van der Waals surface area contributed by atoms with Gasteiger partial charge in [0.05, 0.1) is 5.41 Å². The van der Waals surface area contributed by atoms with Gasteiger partial charge in [-0.1, -0.05) is 51.1 Å². The summed E-state index contributed by atoms with van der Waals surface area (Å²) >= 11 is 0. The fourth-order valence-corrected chi connectivity index (χ4v) is 2.25. The highest BCUT2D eigenvalue weighted by molar-refractivity contribution is 5.96. The van der Waals surface area contributed by atoms with Crippen LogP contribution in [0.5, 0.6) is 0 Å². The fourth-order valence-electron chi connectivity index (χ4n) is 2.25. The first-order chi connectivity index (χ1) is 6.97. The molecule has 1 fully saturated rings. The lowest BCUT2D eigenvalue weighted by Gasteiger charge is -2.24. The molecule has 0 unspecified atom stereocenters. The highest BCUT2D eigenvalue weighted by Crippen LogP contribution is 2.52. The second-order valence-electron chi connectivity index (χ2n) is 5.53. The van der Waals surface area contributed by atoms with Crippen molar-refractivity contribution in [3.63, 3.8) is 0 Å². The van der Waals surface area contributed by atoms with Crippen LogP contribution in [0.3, 0.4) is 0 Å². The number of hydrogen-bond acceptors (Lipinski definition) is 1. The normalized spacial score (nSPS) is 18.6. The number of benzene rings is 1. The van der Waals surface area contributed by atoms with Crippen molar-refractivity contribution in [2.24, 2.45) is 5.41 Å². The van der Waals surface area contributed by atoms with E-state index in [-0.39, 0.29) is 10.8 Å². The quantitative estimate of drug-likeness (QED) is 0.719. The Morgan fingerprint density at radius 2 is 1.67 bits per heavy atom. The highest BCUT2D eigenvalue weighted by Gasteiger charge is 2.53. The molecule has 1 aromatic carbocycles. The highest BCUT2D eigenvalue weighted by atomic mass is 16.1. The summed E-state index contributed by atoms with van der Waals surface area (Å²) in [5, 5.41) is 0. The van der Waals surface area contributed by atoms with Crippen LogP contribution in [0, 0.1) is 5.41 Å². The minimum Gasteiger partial charge on any atom is -0.298 e. The Morgan fingerprint density at radius 1 is 1.13 bits per heavy atom. The van der Waals surface area contributed by atoms with Gasteiger partial charge in [0.15, 0.2) is 0 Å². The zero-order chi connectivity index (χ0) is 11.1. The third-order valence-electron chi connectivity index (χ3n) is 3.19. The molecule has 15 heavy (non-hydrogen) atoms. The maximum Gasteiger partial charge on any atom is 0.148 e. The third-order valence-corrected chi connectivity index (χ3v) is 3.19. The van der Waals surface area contributed by atoms with Gasteiger partial charge in [0.1, 0.15) is 5.78 Å². The second-order valence-corrected chi connectivity index (χ2v) is 5.53. The third kappa shape index (κ3) is 1.71. The summed E-state index contributed by atoms with van der Waals surface area (Å²) in [5.74, 6) is 0.390. The zero-order valence-electron chi connectivity index (χ0n) is 9.71. The van der Waals surface area contributed by atoms with Gasteiger partial charge >= 0.3 is 0 Å². The van der Waals surface area contributed by atoms with Crippen LogP contribution < -0.4 is 0 Å². The molecule has 1 aliphatic rings. The maximum absolute atomic E-state index is 12.3. The Kier molecular flexibility index (Phi) is 2.22. The average molecular weight is 202 g/mol. The molecule has 80 valence electrons. The first kappa shape index (κ1) is 10.4. The van der Waals surface area contributed by atoms with Gasteiger partial charge in [0, 0.05) is 5.41 Å². The van der Waals surface area contributed by atoms with Gasteiger partial charge in [-0.15, -0.1) is 0 Å². The van der Waals surface area contributed by atoms with E-state index in [1.807, 2.05) is 39.0 Å². The second kappa shape index (κ2) is 3.19. The van der Waals surface area contributed by atoms with Crippen LogP contribution in [0.1, 0.15) is 39.2 Å². The molecule has 0 amide bonds. The van der Waals surface area contributed by atoms with E-state index in [1.54, 1.807) is 0 Å². The smallest absolute Gasteiger partial charge is 0.148 e. The molecule has 1 saturated carbocycles. The molecule has 0 aromatic heterocycles. The largest absolute Gasteiger partial charge is 0.298 e. The fraction of sp³-hybridized carbons (Fsp3) is 0.500. The molecule has 1 heteroatoms. The lowest BCUT2D eigenvalue weighted by molar-refractivity contribution is -0.128. The molecule has 0 N–H and O–H groups in total. The molecule has 0 aliphatic heterocycles. The SMILES string of the molecule is CC(C)(C)C(=O)C1(c2ccccc2)CC1. The number of ketones is 1. The lowest BCUT2D eigenvalue weighted by atomic mass is 9.77. The molecular formula is C14H18O. The van der Waals surface area contributed by atoms with Gasteiger partial charge in [-0.2, -0.15) is 0 Å². The van der Waals surface area contributed by atoms with Gasteiger partial charge < -0.3 is 0 Å². The van der Waals surface area contributed by atoms with Crippen LogP contribution in [0.15, 0.2) is 30.3 Å². The molecular weight excluding hydrogens is 184 g/mol. The van der Waals surface area contributed by atoms with E-state index < -0.39 is 0 Å². The molecule has 0 heterocycles. The zero-order valence-corrected chi connectivity index (χ0v) is 9.71. The van der Waals surface area contributed by atoms with Crippen molar-refractivity contribution in [2.75, 3.05) is 0 Å². The summed E-state index contributed by atoms with van der Waals surface area (Å²) in [6.07, 6.45) is 2.04. The van der Waals surface area contributed by atoms with Crippen LogP contribution in [0.25, 0.3) is 0 Å². The van der Waals surface area contributed by atoms with Crippen LogP contribution in [0.2, 0.25) is 0 Å². The van der Waals surface area contributed by atoms with E-state index >= 15 is 0 Å². The van der Waals surface area contributed by atoms with Crippen molar-refractivity contribution in [3.8, 4) is 0 Å². The van der Waals surface area contributed by atoms with E-state index in [0.717, 1.165) is 12.8 Å². The Balaban J connectivity index is 2.34. The molecule has 2 rings (SSSR count). The molecule has 1 nitrogen and oxygen atoms in total. The Morgan fingerprint density at radius 3 is 2.07 bits per heavy atom. The molecule has 1 aromatic rings. The van der Waals surface area contributed by atoms with E-state index in [2.05, 4.69) is 12.1 Å². The number of rotatable bonds is 2. The van der Waals surface area contributed by atoms with Crippen molar-refractivity contribution in [1.82, 2.24) is 0 Å². The predicted octanol–water partition coefficient (Wildman–Crippen LogP) is 3.33. The van der Waals surface area contributed by atoms with Crippen LogP contribution in [-0.2, 0) is 10.2 Å². The van der Waals surface area contributed by atoms with Crippen LogP contribution in [-0.4, -0.2) is 5.78 Å². The van der Waals surface area contributed by atoms with Crippen LogP contribution >= 0.6 is 0 Å². The molecule has 0 spiro atoms. The molecule has 0 bridgehead atoms. The lowest BCUT2D eigenvalue weighted by Crippen LogP contribution is -2.32. The van der Waals surface area contributed by atoms with E-state index in [9.17, 15) is 4.79 Å². The molecule has 0 radical (unpaired) electrons. The van der Waals surface area contributed by atoms with E-state index in [4.69, 9.17) is 0 Å². The minimum absolute atomic E-state index is 0.153. The monoisotopic (exact) mass is 202 g/mol. The Labute approximate surface area is 91.5 Å². The average Bonchev–Trinajstić information content (AvgIpc) is 2.97. The van der Waals surface area contributed by atoms with Crippen molar-refractivity contribution < 1.29 is 4.79 Å². The van der Waals surface area contributed by atoms with Crippen LogP contribution in [0.4, 0.5) is 0 Å². The summed E-state index contributed by atoms with van der Waals surface area (Å²) in [5.41, 5.74) is 0.816. The summed E-state index contributed by atoms with van der Waals surface area (Å²) in [4.78, 5) is 12.3. The molecule has 0 saturated heterocycles. The van der Waals surface area contributed by atoms with E-state index in [1.165, 1.54) is 5.56 Å². The number of hydrogen-bond donors (Lipinski definition) is 0. The maximum atomic E-state index is 12.3. The molecule has 0 atom stereocenters. The summed E-state index contributed by atoms with van der Waals surface area (Å²) < 4.78 is 0. The Hall–Kier alpha value is -1.11. The van der Waals surface area contributed by atoms with Gasteiger partial charge in [-0.3, -0.25) is 4.79 Å². The van der Waals surface area contributed by atoms with Gasteiger partial charge in [-0.25, -0.2) is 0 Å². The first-order valence-corrected chi connectivity index (χ1v) is 5.57. The number of Topliss-reactive ketones (excluding diaryl/α,β-unsaturated/α-hetero) is 1. The van der Waals surface area contributed by atoms with Crippen molar-refractivity contribution >= 4 is 5.78 Å². The number of carbonyl (C=O) groups excluding carboxylic acids is 1. The van der Waals surface area contributed by atoms with Crippen molar-refractivity contribution in [2.45, 2.75) is 39.0 Å². The van der Waals surface area contributed by atoms with E-state index in [0.29, 0.717) is 5.78 Å². The van der Waals surface area contributed by atoms with Crippen molar-refractivity contribution in [1.29, 1.82) is 0 Å². The summed E-state index contributed by atoms with van der Waals surface area (Å²) in [6, 6.07) is 10.2. The standard InChI is InChI=1S/C14H18O/c1-13(2,3)12(15)14(9-10-14)11-7-5-4-6-8-11/h4-8H,9-10H2,1-3H3. The molecule has 1 aliphatic carbocycles. The first-order valence-electron chi connectivity index (χ1n) is 5.57. The summed E-state index contributed by atoms with van der Waals surface area (Å²) in [6.45, 7) is 6.04. The van der Waals surface area contributed by atoms with Gasteiger partial charge in [0.25, 0.3) is 0 Å². The minimum atomic E-state index is -0.230. The van der Waals surface area contributed by atoms with Gasteiger partial charge in [-0.05, 0) is 18.4 Å². The Bertz CT molecular complexity index is 366. The van der Waals surface area contributed by atoms with Gasteiger partial charge in [0.2, 0.25) is 0 Å². The predicted molar refractivity (Wildman–Crippen MR) is 61.8 cm³/mol. The van der Waals surface area contributed by atoms with Crippen molar-refractivity contribution in [3.05, 3.63) is 35.9 Å². The summed E-state index contributed by atoms with van der Waals surface area (Å²) in [7, 11) is 0. The number of carbonyl (C=O) groups is 1. The topological polar surface area (TPSA) is 17.1 Å².